The van der Waals surface area contributed by atoms with Crippen molar-refractivity contribution in [3.05, 3.63) is 35.4 Å². The summed E-state index contributed by atoms with van der Waals surface area (Å²) in [6, 6.07) is 5.84. The van der Waals surface area contributed by atoms with Gasteiger partial charge in [-0.1, -0.05) is 12.1 Å². The van der Waals surface area contributed by atoms with Crippen molar-refractivity contribution < 1.29 is 18.0 Å². The predicted octanol–water partition coefficient (Wildman–Crippen LogP) is 3.90. The Morgan fingerprint density at radius 1 is 1.25 bits per heavy atom. The Labute approximate surface area is 95.3 Å². The fraction of sp³-hybridized carbons (Fsp3) is 0.182. The summed E-state index contributed by atoms with van der Waals surface area (Å²) in [5.74, 6) is 0. The van der Waals surface area contributed by atoms with Gasteiger partial charge in [-0.05, 0) is 48.0 Å². The molecule has 0 amide bonds. The molecule has 1 aromatic carbocycles. The van der Waals surface area contributed by atoms with Crippen LogP contribution in [0.5, 0.6) is 0 Å². The fourth-order valence-electron chi connectivity index (χ4n) is 1.06. The lowest BCUT2D eigenvalue weighted by atomic mass is 10.1. The van der Waals surface area contributed by atoms with E-state index in [1.165, 1.54) is 12.1 Å². The minimum atomic E-state index is -4.27. The highest BCUT2D eigenvalue weighted by Crippen LogP contribution is 2.36. The molecule has 0 aliphatic rings. The van der Waals surface area contributed by atoms with E-state index in [4.69, 9.17) is 0 Å². The minimum absolute atomic E-state index is 0.133. The molecule has 1 rings (SSSR count). The highest BCUT2D eigenvalue weighted by Gasteiger charge is 2.28. The zero-order valence-electron chi connectivity index (χ0n) is 8.41. The van der Waals surface area contributed by atoms with E-state index in [9.17, 15) is 18.0 Å². The number of thioether (sulfide) groups is 1. The van der Waals surface area contributed by atoms with Gasteiger partial charge in [-0.15, -0.1) is 0 Å². The maximum absolute atomic E-state index is 12.0. The standard InChI is InChI=1S/C11H9F3OS/c1-8(7-15)6-9-2-4-10(5-3-9)16-11(12,13)14/h2-7H,1H3. The number of hydrogen-bond acceptors (Lipinski definition) is 2. The van der Waals surface area contributed by atoms with Gasteiger partial charge < -0.3 is 0 Å². The summed E-state index contributed by atoms with van der Waals surface area (Å²) in [5.41, 5.74) is -3.04. The van der Waals surface area contributed by atoms with E-state index in [2.05, 4.69) is 0 Å². The number of carbonyl (C=O) groups excluding carboxylic acids is 1. The van der Waals surface area contributed by atoms with Gasteiger partial charge in [0.25, 0.3) is 0 Å². The van der Waals surface area contributed by atoms with Gasteiger partial charge in [0.1, 0.15) is 6.29 Å². The maximum atomic E-state index is 12.0. The van der Waals surface area contributed by atoms with Crippen molar-refractivity contribution in [3.8, 4) is 0 Å². The largest absolute Gasteiger partial charge is 0.446 e. The average molecular weight is 246 g/mol. The van der Waals surface area contributed by atoms with E-state index in [0.717, 1.165) is 0 Å². The molecule has 5 heteroatoms. The second-order valence-electron chi connectivity index (χ2n) is 3.12. The first-order valence-corrected chi connectivity index (χ1v) is 5.21. The van der Waals surface area contributed by atoms with Crippen LogP contribution in [-0.4, -0.2) is 11.8 Å². The molecule has 0 heterocycles. The molecule has 0 atom stereocenters. The van der Waals surface area contributed by atoms with Crippen LogP contribution in [0.1, 0.15) is 12.5 Å². The molecule has 0 aromatic heterocycles. The van der Waals surface area contributed by atoms with Crippen molar-refractivity contribution in [2.45, 2.75) is 17.3 Å². The van der Waals surface area contributed by atoms with E-state index in [0.29, 0.717) is 17.4 Å². The van der Waals surface area contributed by atoms with Crippen molar-refractivity contribution in [1.82, 2.24) is 0 Å². The highest BCUT2D eigenvalue weighted by atomic mass is 32.2. The summed E-state index contributed by atoms with van der Waals surface area (Å²) in [4.78, 5) is 10.5. The summed E-state index contributed by atoms with van der Waals surface area (Å²) in [6.07, 6.45) is 2.30. The third kappa shape index (κ3) is 4.53. The summed E-state index contributed by atoms with van der Waals surface area (Å²) >= 11 is -0.156. The number of allylic oxidation sites excluding steroid dienone is 1. The lowest BCUT2D eigenvalue weighted by Crippen LogP contribution is -1.98. The number of halogens is 3. The second kappa shape index (κ2) is 5.21. The van der Waals surface area contributed by atoms with Crippen molar-refractivity contribution in [3.63, 3.8) is 0 Å². The maximum Gasteiger partial charge on any atom is 0.446 e. The molecule has 1 nitrogen and oxygen atoms in total. The monoisotopic (exact) mass is 246 g/mol. The van der Waals surface area contributed by atoms with Gasteiger partial charge in [-0.2, -0.15) is 13.2 Å². The molecule has 0 fully saturated rings. The molecule has 0 bridgehead atoms. The van der Waals surface area contributed by atoms with E-state index in [1.807, 2.05) is 0 Å². The van der Waals surface area contributed by atoms with E-state index >= 15 is 0 Å². The van der Waals surface area contributed by atoms with E-state index in [1.54, 1.807) is 25.1 Å². The van der Waals surface area contributed by atoms with Gasteiger partial charge in [0.2, 0.25) is 0 Å². The molecule has 1 aromatic rings. The molecule has 0 saturated carbocycles. The van der Waals surface area contributed by atoms with Crippen LogP contribution in [0.3, 0.4) is 0 Å². The first-order valence-electron chi connectivity index (χ1n) is 4.40. The Kier molecular flexibility index (Phi) is 4.18. The van der Waals surface area contributed by atoms with Crippen LogP contribution in [0, 0.1) is 0 Å². The van der Waals surface area contributed by atoms with Gasteiger partial charge in [0.05, 0.1) is 0 Å². The van der Waals surface area contributed by atoms with Crippen molar-refractivity contribution >= 4 is 24.1 Å². The smallest absolute Gasteiger partial charge is 0.298 e. The molecule has 0 aliphatic heterocycles. The van der Waals surface area contributed by atoms with Crippen LogP contribution in [0.15, 0.2) is 34.7 Å². The molecule has 0 unspecified atom stereocenters. The SMILES string of the molecule is CC(C=O)=Cc1ccc(SC(F)(F)F)cc1. The van der Waals surface area contributed by atoms with Crippen LogP contribution in [0.4, 0.5) is 13.2 Å². The quantitative estimate of drug-likeness (QED) is 0.457. The molecular weight excluding hydrogens is 237 g/mol. The van der Waals surface area contributed by atoms with Crippen molar-refractivity contribution in [2.24, 2.45) is 0 Å². The lowest BCUT2D eigenvalue weighted by Gasteiger charge is -2.05. The van der Waals surface area contributed by atoms with Crippen molar-refractivity contribution in [1.29, 1.82) is 0 Å². The number of benzene rings is 1. The number of aldehydes is 1. The molecule has 0 spiro atoms. The minimum Gasteiger partial charge on any atom is -0.298 e. The normalized spacial score (nSPS) is 12.6. The molecule has 0 N–H and O–H groups in total. The van der Waals surface area contributed by atoms with Crippen LogP contribution in [-0.2, 0) is 4.79 Å². The average Bonchev–Trinajstić information content (AvgIpc) is 2.18. The topological polar surface area (TPSA) is 17.1 Å². The van der Waals surface area contributed by atoms with Gasteiger partial charge in [-0.25, -0.2) is 0 Å². The Balaban J connectivity index is 2.80. The van der Waals surface area contributed by atoms with Crippen LogP contribution in [0.2, 0.25) is 0 Å². The molecular formula is C11H9F3OS. The van der Waals surface area contributed by atoms with Crippen LogP contribution < -0.4 is 0 Å². The van der Waals surface area contributed by atoms with Crippen LogP contribution >= 0.6 is 11.8 Å². The molecule has 86 valence electrons. The molecule has 16 heavy (non-hydrogen) atoms. The summed E-state index contributed by atoms with van der Waals surface area (Å²) in [5, 5.41) is 0. The predicted molar refractivity (Wildman–Crippen MR) is 58.1 cm³/mol. The Hall–Kier alpha value is -1.23. The summed E-state index contributed by atoms with van der Waals surface area (Å²) in [7, 11) is 0. The fourth-order valence-corrected chi connectivity index (χ4v) is 1.60. The zero-order chi connectivity index (χ0) is 12.2. The third-order valence-corrected chi connectivity index (χ3v) is 2.43. The van der Waals surface area contributed by atoms with Crippen molar-refractivity contribution in [2.75, 3.05) is 0 Å². The van der Waals surface area contributed by atoms with Gasteiger partial charge in [0, 0.05) is 4.90 Å². The first kappa shape index (κ1) is 12.8. The van der Waals surface area contributed by atoms with E-state index in [-0.39, 0.29) is 16.7 Å². The molecule has 0 aliphatic carbocycles. The molecule has 0 radical (unpaired) electrons. The number of carbonyl (C=O) groups is 1. The van der Waals surface area contributed by atoms with E-state index < -0.39 is 5.51 Å². The van der Waals surface area contributed by atoms with Gasteiger partial charge in [-0.3, -0.25) is 4.79 Å². The van der Waals surface area contributed by atoms with Gasteiger partial charge >= 0.3 is 5.51 Å². The first-order chi connectivity index (χ1) is 7.40. The second-order valence-corrected chi connectivity index (χ2v) is 4.26. The number of rotatable bonds is 3. The Morgan fingerprint density at radius 2 is 1.81 bits per heavy atom. The van der Waals surface area contributed by atoms with Crippen LogP contribution in [0.25, 0.3) is 6.08 Å². The third-order valence-electron chi connectivity index (χ3n) is 1.69. The Morgan fingerprint density at radius 3 is 2.25 bits per heavy atom. The number of hydrogen-bond donors (Lipinski definition) is 0. The Bertz CT molecular complexity index is 393. The summed E-state index contributed by atoms with van der Waals surface area (Å²) < 4.78 is 36.0. The lowest BCUT2D eigenvalue weighted by molar-refractivity contribution is -0.104. The highest BCUT2D eigenvalue weighted by molar-refractivity contribution is 8.00. The summed E-state index contributed by atoms with van der Waals surface area (Å²) in [6.45, 7) is 1.63. The zero-order valence-corrected chi connectivity index (χ0v) is 9.23. The number of alkyl halides is 3. The van der Waals surface area contributed by atoms with Gasteiger partial charge in [0.15, 0.2) is 0 Å². The molecule has 0 saturated heterocycles.